The van der Waals surface area contributed by atoms with Gasteiger partial charge in [0.1, 0.15) is 5.76 Å². The Bertz CT molecular complexity index is 705. The van der Waals surface area contributed by atoms with Gasteiger partial charge in [0.2, 0.25) is 0 Å². The lowest BCUT2D eigenvalue weighted by Gasteiger charge is -2.09. The zero-order valence-corrected chi connectivity index (χ0v) is 15.0. The summed E-state index contributed by atoms with van der Waals surface area (Å²) in [5, 5.41) is 2.99. The second-order valence-corrected chi connectivity index (χ2v) is 8.03. The molecule has 122 valence electrons. The highest BCUT2D eigenvalue weighted by molar-refractivity contribution is 9.10. The number of rotatable bonds is 5. The van der Waals surface area contributed by atoms with Crippen molar-refractivity contribution in [3.05, 3.63) is 52.4 Å². The zero-order valence-electron chi connectivity index (χ0n) is 12.6. The van der Waals surface area contributed by atoms with Crippen molar-refractivity contribution in [2.75, 3.05) is 0 Å². The third kappa shape index (κ3) is 4.32. The van der Waals surface area contributed by atoms with Crippen molar-refractivity contribution in [3.63, 3.8) is 0 Å². The number of hydrogen-bond donors (Lipinski definition) is 1. The molecular weight excluding hydrogens is 378 g/mol. The molecule has 0 aliphatic heterocycles. The highest BCUT2D eigenvalue weighted by Crippen LogP contribution is 2.20. The van der Waals surface area contributed by atoms with Crippen molar-refractivity contribution in [2.45, 2.75) is 42.4 Å². The normalized spacial score (nSPS) is 16.4. The smallest absolute Gasteiger partial charge is 0.287 e. The lowest BCUT2D eigenvalue weighted by atomic mass is 10.2. The fourth-order valence-corrected chi connectivity index (χ4v) is 3.99. The second-order valence-electron chi connectivity index (χ2n) is 5.66. The molecule has 1 aromatic heterocycles. The minimum Gasteiger partial charge on any atom is -0.455 e. The molecule has 6 heteroatoms. The third-order valence-corrected chi connectivity index (χ3v) is 5.80. The van der Waals surface area contributed by atoms with Crippen LogP contribution in [0.1, 0.15) is 42.0 Å². The summed E-state index contributed by atoms with van der Waals surface area (Å²) in [6.45, 7) is 0. The Morgan fingerprint density at radius 3 is 2.57 bits per heavy atom. The van der Waals surface area contributed by atoms with E-state index in [1.54, 1.807) is 12.1 Å². The van der Waals surface area contributed by atoms with Gasteiger partial charge in [0.05, 0.1) is 16.6 Å². The molecule has 1 N–H and O–H groups in total. The van der Waals surface area contributed by atoms with Gasteiger partial charge in [0, 0.05) is 15.4 Å². The van der Waals surface area contributed by atoms with Gasteiger partial charge in [-0.2, -0.15) is 0 Å². The number of halogens is 1. The van der Waals surface area contributed by atoms with Crippen LogP contribution in [0.25, 0.3) is 0 Å². The Labute approximate surface area is 146 Å². The molecule has 1 aliphatic rings. The van der Waals surface area contributed by atoms with Crippen molar-refractivity contribution in [1.82, 2.24) is 5.32 Å². The van der Waals surface area contributed by atoms with E-state index in [1.807, 2.05) is 24.3 Å². The summed E-state index contributed by atoms with van der Waals surface area (Å²) in [5.74, 6) is 0.929. The molecule has 1 aliphatic carbocycles. The molecular formula is C17H18BrNO3S. The fraction of sp³-hybridized carbons (Fsp3) is 0.353. The minimum absolute atomic E-state index is 0.183. The predicted octanol–water partition coefficient (Wildman–Crippen LogP) is 4.02. The first kappa shape index (κ1) is 16.5. The van der Waals surface area contributed by atoms with Crippen molar-refractivity contribution in [2.24, 2.45) is 0 Å². The van der Waals surface area contributed by atoms with Crippen molar-refractivity contribution >= 4 is 32.6 Å². The number of carbonyl (C=O) groups is 1. The maximum absolute atomic E-state index is 12.3. The Hall–Kier alpha value is -1.40. The van der Waals surface area contributed by atoms with E-state index in [9.17, 15) is 9.00 Å². The average Bonchev–Trinajstić information content (AvgIpc) is 3.19. The van der Waals surface area contributed by atoms with Gasteiger partial charge in [-0.25, -0.2) is 0 Å². The maximum Gasteiger partial charge on any atom is 0.287 e. The van der Waals surface area contributed by atoms with Gasteiger partial charge in [0.15, 0.2) is 5.76 Å². The van der Waals surface area contributed by atoms with E-state index >= 15 is 0 Å². The van der Waals surface area contributed by atoms with Gasteiger partial charge in [-0.1, -0.05) is 28.8 Å². The highest BCUT2D eigenvalue weighted by atomic mass is 79.9. The van der Waals surface area contributed by atoms with Crippen LogP contribution >= 0.6 is 15.9 Å². The first-order chi connectivity index (χ1) is 11.1. The first-order valence-corrected chi connectivity index (χ1v) is 9.76. The summed E-state index contributed by atoms with van der Waals surface area (Å²) in [5.41, 5.74) is 0. The summed E-state index contributed by atoms with van der Waals surface area (Å²) < 4.78 is 18.8. The van der Waals surface area contributed by atoms with Crippen LogP contribution in [0.15, 0.2) is 50.2 Å². The van der Waals surface area contributed by atoms with Gasteiger partial charge in [-0.05, 0) is 49.2 Å². The van der Waals surface area contributed by atoms with Gasteiger partial charge < -0.3 is 9.73 Å². The van der Waals surface area contributed by atoms with Gasteiger partial charge in [0.25, 0.3) is 5.91 Å². The molecule has 0 bridgehead atoms. The van der Waals surface area contributed by atoms with E-state index in [-0.39, 0.29) is 17.7 Å². The molecule has 0 radical (unpaired) electrons. The number of benzene rings is 1. The van der Waals surface area contributed by atoms with E-state index < -0.39 is 10.8 Å². The molecule has 4 nitrogen and oxygen atoms in total. The highest BCUT2D eigenvalue weighted by Gasteiger charge is 2.20. The largest absolute Gasteiger partial charge is 0.455 e. The van der Waals surface area contributed by atoms with Crippen LogP contribution in [0.5, 0.6) is 0 Å². The fourth-order valence-electron chi connectivity index (χ4n) is 2.70. The second kappa shape index (κ2) is 7.45. The van der Waals surface area contributed by atoms with Crippen LogP contribution in [0.4, 0.5) is 0 Å². The number of hydrogen-bond acceptors (Lipinski definition) is 3. The van der Waals surface area contributed by atoms with Crippen LogP contribution < -0.4 is 5.32 Å². The van der Waals surface area contributed by atoms with Gasteiger partial charge in [-0.3, -0.25) is 9.00 Å². The molecule has 23 heavy (non-hydrogen) atoms. The molecule has 1 atom stereocenters. The molecule has 0 unspecified atom stereocenters. The van der Waals surface area contributed by atoms with Crippen LogP contribution in [-0.4, -0.2) is 16.2 Å². The van der Waals surface area contributed by atoms with Crippen LogP contribution in [-0.2, 0) is 16.6 Å². The molecule has 1 amide bonds. The summed E-state index contributed by atoms with van der Waals surface area (Å²) >= 11 is 3.35. The van der Waals surface area contributed by atoms with Gasteiger partial charge in [-0.15, -0.1) is 0 Å². The van der Waals surface area contributed by atoms with Crippen LogP contribution in [0.2, 0.25) is 0 Å². The standard InChI is InChI=1S/C17H18BrNO3S/c18-12-5-8-15(9-6-12)23(21)11-14-7-10-16(22-14)17(20)19-13-3-1-2-4-13/h5-10,13H,1-4,11H2,(H,19,20)/t23-/m1/s1. The first-order valence-electron chi connectivity index (χ1n) is 7.65. The lowest BCUT2D eigenvalue weighted by Crippen LogP contribution is -2.32. The quantitative estimate of drug-likeness (QED) is 0.831. The van der Waals surface area contributed by atoms with Crippen LogP contribution in [0.3, 0.4) is 0 Å². The van der Waals surface area contributed by atoms with E-state index in [4.69, 9.17) is 4.42 Å². The summed E-state index contributed by atoms with van der Waals surface area (Å²) in [6.07, 6.45) is 4.40. The summed E-state index contributed by atoms with van der Waals surface area (Å²) in [6, 6.07) is 11.0. The molecule has 0 spiro atoms. The van der Waals surface area contributed by atoms with E-state index in [0.717, 1.165) is 22.2 Å². The minimum atomic E-state index is -1.19. The van der Waals surface area contributed by atoms with E-state index in [0.29, 0.717) is 11.5 Å². The van der Waals surface area contributed by atoms with E-state index in [1.165, 1.54) is 12.8 Å². The Morgan fingerprint density at radius 2 is 1.87 bits per heavy atom. The molecule has 1 heterocycles. The Balaban J connectivity index is 1.61. The van der Waals surface area contributed by atoms with Crippen molar-refractivity contribution in [1.29, 1.82) is 0 Å². The number of amides is 1. The SMILES string of the molecule is O=C(NC1CCCC1)c1ccc(C[S@@](=O)c2ccc(Br)cc2)o1. The zero-order chi connectivity index (χ0) is 16.2. The molecule has 1 fully saturated rings. The maximum atomic E-state index is 12.3. The Kier molecular flexibility index (Phi) is 5.33. The molecule has 0 saturated heterocycles. The van der Waals surface area contributed by atoms with Crippen LogP contribution in [0, 0.1) is 0 Å². The van der Waals surface area contributed by atoms with E-state index in [2.05, 4.69) is 21.2 Å². The molecule has 1 saturated carbocycles. The molecule has 1 aromatic carbocycles. The van der Waals surface area contributed by atoms with Crippen molar-refractivity contribution < 1.29 is 13.4 Å². The lowest BCUT2D eigenvalue weighted by molar-refractivity contribution is 0.0908. The predicted molar refractivity (Wildman–Crippen MR) is 92.7 cm³/mol. The van der Waals surface area contributed by atoms with Crippen molar-refractivity contribution in [3.8, 4) is 0 Å². The number of carbonyl (C=O) groups excluding carboxylic acids is 1. The average molecular weight is 396 g/mol. The molecule has 2 aromatic rings. The molecule has 3 rings (SSSR count). The number of nitrogens with one attached hydrogen (secondary N) is 1. The van der Waals surface area contributed by atoms with Gasteiger partial charge >= 0.3 is 0 Å². The summed E-state index contributed by atoms with van der Waals surface area (Å²) in [7, 11) is -1.19. The topological polar surface area (TPSA) is 59.3 Å². The Morgan fingerprint density at radius 1 is 1.17 bits per heavy atom. The summed E-state index contributed by atoms with van der Waals surface area (Å²) in [4.78, 5) is 12.9. The monoisotopic (exact) mass is 395 g/mol. The number of furan rings is 1. The third-order valence-electron chi connectivity index (χ3n) is 3.93.